The summed E-state index contributed by atoms with van der Waals surface area (Å²) < 4.78 is 7.87. The molecule has 1 aliphatic rings. The molecule has 0 spiro atoms. The Hall–Kier alpha value is -0.560. The largest absolute Gasteiger partial charge is 0.377 e. The first-order valence-corrected chi connectivity index (χ1v) is 8.87. The Morgan fingerprint density at radius 1 is 1.60 bits per heavy atom. The molecule has 110 valence electrons. The van der Waals surface area contributed by atoms with Crippen molar-refractivity contribution in [3.63, 3.8) is 0 Å². The van der Waals surface area contributed by atoms with Crippen LogP contribution in [0.5, 0.6) is 0 Å². The van der Waals surface area contributed by atoms with Gasteiger partial charge in [0.05, 0.1) is 11.8 Å². The van der Waals surface area contributed by atoms with Crippen molar-refractivity contribution in [2.75, 3.05) is 6.61 Å². The summed E-state index contributed by atoms with van der Waals surface area (Å²) in [6.07, 6.45) is 3.56. The van der Waals surface area contributed by atoms with Crippen LogP contribution in [0, 0.1) is 0 Å². The van der Waals surface area contributed by atoms with Gasteiger partial charge in [-0.1, -0.05) is 25.6 Å². The molecule has 0 amide bonds. The number of ether oxygens (including phenoxy) is 1. The van der Waals surface area contributed by atoms with Crippen LogP contribution in [0.15, 0.2) is 16.6 Å². The predicted molar refractivity (Wildman–Crippen MR) is 84.7 cm³/mol. The highest BCUT2D eigenvalue weighted by molar-refractivity contribution is 8.00. The Morgan fingerprint density at radius 2 is 2.45 bits per heavy atom. The number of nitrogens with one attached hydrogen (secondary N) is 1. The molecule has 1 saturated heterocycles. The van der Waals surface area contributed by atoms with E-state index in [-0.39, 0.29) is 0 Å². The Balaban J connectivity index is 1.84. The monoisotopic (exact) mass is 311 g/mol. The SMILES string of the molecule is CC(C)NCc1c(SC2CCOC2C)nc2sccn12. The fourth-order valence-corrected chi connectivity index (χ4v) is 4.39. The number of thiazole rings is 1. The zero-order valence-corrected chi connectivity index (χ0v) is 13.8. The Morgan fingerprint density at radius 3 is 3.15 bits per heavy atom. The van der Waals surface area contributed by atoms with Gasteiger partial charge in [-0.3, -0.25) is 4.40 Å². The Labute approximate surface area is 127 Å². The minimum atomic E-state index is 0.325. The highest BCUT2D eigenvalue weighted by Crippen LogP contribution is 2.35. The van der Waals surface area contributed by atoms with Crippen LogP contribution in [-0.4, -0.2) is 33.4 Å². The molecule has 1 N–H and O–H groups in total. The number of rotatable bonds is 5. The van der Waals surface area contributed by atoms with Crippen LogP contribution in [0.4, 0.5) is 0 Å². The van der Waals surface area contributed by atoms with Gasteiger partial charge in [0, 0.05) is 36.0 Å². The van der Waals surface area contributed by atoms with Crippen molar-refractivity contribution in [3.05, 3.63) is 17.3 Å². The maximum Gasteiger partial charge on any atom is 0.194 e. The van der Waals surface area contributed by atoms with Crippen molar-refractivity contribution in [2.45, 2.75) is 56.2 Å². The van der Waals surface area contributed by atoms with E-state index < -0.39 is 0 Å². The summed E-state index contributed by atoms with van der Waals surface area (Å²) >= 11 is 3.57. The number of aromatic nitrogens is 2. The van der Waals surface area contributed by atoms with E-state index in [4.69, 9.17) is 9.72 Å². The highest BCUT2D eigenvalue weighted by atomic mass is 32.2. The molecule has 2 atom stereocenters. The second-order valence-electron chi connectivity index (χ2n) is 5.48. The second-order valence-corrected chi connectivity index (χ2v) is 7.58. The summed E-state index contributed by atoms with van der Waals surface area (Å²) in [6, 6.07) is 0.478. The number of imidazole rings is 1. The lowest BCUT2D eigenvalue weighted by Crippen LogP contribution is -2.23. The van der Waals surface area contributed by atoms with Gasteiger partial charge in [-0.25, -0.2) is 4.98 Å². The molecule has 0 aliphatic carbocycles. The molecule has 0 radical (unpaired) electrons. The van der Waals surface area contributed by atoms with E-state index in [1.54, 1.807) is 11.3 Å². The fraction of sp³-hybridized carbons (Fsp3) is 0.643. The molecule has 2 aromatic heterocycles. The summed E-state index contributed by atoms with van der Waals surface area (Å²) in [6.45, 7) is 8.24. The molecular formula is C14H21N3OS2. The fourth-order valence-electron chi connectivity index (χ4n) is 2.38. The first-order valence-electron chi connectivity index (χ1n) is 7.11. The van der Waals surface area contributed by atoms with Crippen LogP contribution in [-0.2, 0) is 11.3 Å². The number of hydrogen-bond acceptors (Lipinski definition) is 5. The van der Waals surface area contributed by atoms with Crippen molar-refractivity contribution in [3.8, 4) is 0 Å². The zero-order chi connectivity index (χ0) is 14.1. The van der Waals surface area contributed by atoms with Crippen LogP contribution in [0.2, 0.25) is 0 Å². The van der Waals surface area contributed by atoms with Gasteiger partial charge in [-0.15, -0.1) is 11.3 Å². The normalized spacial score (nSPS) is 23.2. The smallest absolute Gasteiger partial charge is 0.194 e. The summed E-state index contributed by atoms with van der Waals surface area (Å²) in [5, 5.41) is 7.28. The van der Waals surface area contributed by atoms with Crippen molar-refractivity contribution >= 4 is 28.1 Å². The van der Waals surface area contributed by atoms with E-state index in [0.717, 1.165) is 29.6 Å². The highest BCUT2D eigenvalue weighted by Gasteiger charge is 2.27. The van der Waals surface area contributed by atoms with Crippen LogP contribution >= 0.6 is 23.1 Å². The van der Waals surface area contributed by atoms with Gasteiger partial charge in [-0.2, -0.15) is 0 Å². The van der Waals surface area contributed by atoms with E-state index in [1.807, 2.05) is 11.8 Å². The molecule has 1 fully saturated rings. The minimum absolute atomic E-state index is 0.325. The second kappa shape index (κ2) is 6.05. The Bertz CT molecular complexity index is 578. The third kappa shape index (κ3) is 2.88. The number of nitrogens with zero attached hydrogens (tertiary/aromatic N) is 2. The van der Waals surface area contributed by atoms with Crippen molar-refractivity contribution in [1.82, 2.24) is 14.7 Å². The molecule has 20 heavy (non-hydrogen) atoms. The van der Waals surface area contributed by atoms with E-state index in [2.05, 4.69) is 42.1 Å². The van der Waals surface area contributed by atoms with Crippen LogP contribution in [0.25, 0.3) is 4.96 Å². The zero-order valence-electron chi connectivity index (χ0n) is 12.1. The topological polar surface area (TPSA) is 38.6 Å². The van der Waals surface area contributed by atoms with Gasteiger partial charge >= 0.3 is 0 Å². The molecule has 3 heterocycles. The average molecular weight is 311 g/mol. The van der Waals surface area contributed by atoms with Crippen LogP contribution in [0.1, 0.15) is 32.9 Å². The van der Waals surface area contributed by atoms with Gasteiger partial charge in [-0.05, 0) is 13.3 Å². The third-order valence-electron chi connectivity index (χ3n) is 3.57. The van der Waals surface area contributed by atoms with E-state index in [0.29, 0.717) is 17.4 Å². The summed E-state index contributed by atoms with van der Waals surface area (Å²) in [4.78, 5) is 5.88. The van der Waals surface area contributed by atoms with Crippen LogP contribution < -0.4 is 5.32 Å². The molecule has 0 saturated carbocycles. The van der Waals surface area contributed by atoms with E-state index in [9.17, 15) is 0 Å². The standard InChI is InChI=1S/C14H21N3OS2/c1-9(2)15-8-11-13(16-14-17(11)5-7-19-14)20-12-4-6-18-10(12)3/h5,7,9-10,12,15H,4,6,8H2,1-3H3. The Kier molecular flexibility index (Phi) is 4.35. The van der Waals surface area contributed by atoms with Gasteiger partial charge in [0.25, 0.3) is 0 Å². The van der Waals surface area contributed by atoms with Crippen molar-refractivity contribution < 1.29 is 4.74 Å². The molecule has 0 bridgehead atoms. The summed E-state index contributed by atoms with van der Waals surface area (Å²) in [7, 11) is 0. The predicted octanol–water partition coefficient (Wildman–Crippen LogP) is 3.16. The first-order chi connectivity index (χ1) is 9.65. The van der Waals surface area contributed by atoms with Gasteiger partial charge < -0.3 is 10.1 Å². The molecule has 2 unspecified atom stereocenters. The maximum atomic E-state index is 5.66. The third-order valence-corrected chi connectivity index (χ3v) is 5.80. The average Bonchev–Trinajstić information content (AvgIpc) is 3.05. The minimum Gasteiger partial charge on any atom is -0.377 e. The molecular weight excluding hydrogens is 290 g/mol. The number of fused-ring (bicyclic) bond motifs is 1. The van der Waals surface area contributed by atoms with E-state index in [1.165, 1.54) is 5.69 Å². The molecule has 3 rings (SSSR count). The van der Waals surface area contributed by atoms with E-state index >= 15 is 0 Å². The van der Waals surface area contributed by atoms with Gasteiger partial charge in [0.2, 0.25) is 0 Å². The lowest BCUT2D eigenvalue weighted by atomic mass is 10.3. The van der Waals surface area contributed by atoms with Crippen LogP contribution in [0.3, 0.4) is 0 Å². The quantitative estimate of drug-likeness (QED) is 0.920. The molecule has 1 aliphatic heterocycles. The molecule has 0 aromatic carbocycles. The maximum absolute atomic E-state index is 5.66. The first kappa shape index (κ1) is 14.4. The number of thioether (sulfide) groups is 1. The summed E-state index contributed by atoms with van der Waals surface area (Å²) in [5.41, 5.74) is 1.28. The summed E-state index contributed by atoms with van der Waals surface area (Å²) in [5.74, 6) is 0. The number of hydrogen-bond donors (Lipinski definition) is 1. The molecule has 6 heteroatoms. The van der Waals surface area contributed by atoms with Crippen molar-refractivity contribution in [1.29, 1.82) is 0 Å². The lowest BCUT2D eigenvalue weighted by molar-refractivity contribution is 0.127. The molecule has 2 aromatic rings. The van der Waals surface area contributed by atoms with Gasteiger partial charge in [0.1, 0.15) is 5.03 Å². The van der Waals surface area contributed by atoms with Gasteiger partial charge in [0.15, 0.2) is 4.96 Å². The molecule has 4 nitrogen and oxygen atoms in total. The van der Waals surface area contributed by atoms with Crippen molar-refractivity contribution in [2.24, 2.45) is 0 Å². The lowest BCUT2D eigenvalue weighted by Gasteiger charge is -2.14.